The SMILES string of the molecule is CC/C=C\C/C=C\C/C=C\C/C=C\C/C=C\CCCCCCCCCC(=O)OC(CCC/C=C\CCCCCCCC)CCCCCCCC(=O)NC(CCCN)C(=O)O. The van der Waals surface area contributed by atoms with E-state index in [1.807, 2.05) is 0 Å². The number of aliphatic carboxylic acids is 1. The Morgan fingerprint density at radius 1 is 0.500 bits per heavy atom. The lowest BCUT2D eigenvalue weighted by molar-refractivity contribution is -0.150. The first-order valence-corrected chi connectivity index (χ1v) is 24.8. The minimum Gasteiger partial charge on any atom is -0.480 e. The number of carbonyl (C=O) groups excluding carboxylic acids is 2. The molecule has 0 aromatic carbocycles. The number of hydrogen-bond acceptors (Lipinski definition) is 5. The van der Waals surface area contributed by atoms with Crippen LogP contribution in [0.1, 0.15) is 226 Å². The van der Waals surface area contributed by atoms with Gasteiger partial charge in [-0.25, -0.2) is 4.79 Å². The Bertz CT molecular complexity index is 1170. The molecule has 60 heavy (non-hydrogen) atoms. The lowest BCUT2D eigenvalue weighted by atomic mass is 10.0. The smallest absolute Gasteiger partial charge is 0.326 e. The Kier molecular flexibility index (Phi) is 44.4. The number of ether oxygens (including phenoxy) is 1. The number of carbonyl (C=O) groups is 3. The van der Waals surface area contributed by atoms with Gasteiger partial charge in [0.25, 0.3) is 0 Å². The Labute approximate surface area is 369 Å². The van der Waals surface area contributed by atoms with E-state index in [2.05, 4.69) is 92.1 Å². The summed E-state index contributed by atoms with van der Waals surface area (Å²) in [7, 11) is 0. The first kappa shape index (κ1) is 56.8. The molecule has 0 aromatic rings. The van der Waals surface area contributed by atoms with Crippen molar-refractivity contribution >= 4 is 17.8 Å². The minimum absolute atomic E-state index is 0.0281. The second-order valence-electron chi connectivity index (χ2n) is 16.5. The fraction of sp³-hybridized carbons (Fsp3) is 0.717. The average Bonchev–Trinajstić information content (AvgIpc) is 3.23. The van der Waals surface area contributed by atoms with Crippen LogP contribution >= 0.6 is 0 Å². The van der Waals surface area contributed by atoms with Crippen molar-refractivity contribution in [3.63, 3.8) is 0 Å². The average molecular weight is 837 g/mol. The molecule has 4 N–H and O–H groups in total. The molecule has 2 atom stereocenters. The van der Waals surface area contributed by atoms with E-state index < -0.39 is 12.0 Å². The fourth-order valence-corrected chi connectivity index (χ4v) is 7.07. The topological polar surface area (TPSA) is 119 Å². The number of allylic oxidation sites excluding steroid dienone is 12. The van der Waals surface area contributed by atoms with Gasteiger partial charge in [0.15, 0.2) is 0 Å². The second-order valence-corrected chi connectivity index (χ2v) is 16.5. The van der Waals surface area contributed by atoms with E-state index in [9.17, 15) is 19.5 Å². The van der Waals surface area contributed by atoms with E-state index in [-0.39, 0.29) is 18.0 Å². The zero-order valence-electron chi connectivity index (χ0n) is 38.8. The third-order valence-corrected chi connectivity index (χ3v) is 10.8. The van der Waals surface area contributed by atoms with Crippen LogP contribution in [0.3, 0.4) is 0 Å². The molecule has 0 rings (SSSR count). The third-order valence-electron chi connectivity index (χ3n) is 10.8. The molecular formula is C53H92N2O5. The van der Waals surface area contributed by atoms with E-state index in [4.69, 9.17) is 10.5 Å². The van der Waals surface area contributed by atoms with Crippen molar-refractivity contribution in [3.05, 3.63) is 72.9 Å². The van der Waals surface area contributed by atoms with Crippen LogP contribution in [0.15, 0.2) is 72.9 Å². The highest BCUT2D eigenvalue weighted by Crippen LogP contribution is 2.18. The quantitative estimate of drug-likeness (QED) is 0.0319. The van der Waals surface area contributed by atoms with Gasteiger partial charge in [0.05, 0.1) is 0 Å². The number of nitrogens with two attached hydrogens (primary N) is 1. The van der Waals surface area contributed by atoms with Crippen molar-refractivity contribution in [3.8, 4) is 0 Å². The summed E-state index contributed by atoms with van der Waals surface area (Å²) in [5, 5.41) is 12.0. The molecule has 0 fully saturated rings. The maximum atomic E-state index is 12.9. The van der Waals surface area contributed by atoms with Crippen LogP contribution in [-0.2, 0) is 19.1 Å². The summed E-state index contributed by atoms with van der Waals surface area (Å²) in [5.41, 5.74) is 5.49. The number of unbranched alkanes of at least 4 members (excludes halogenated alkanes) is 18. The molecule has 1 amide bonds. The van der Waals surface area contributed by atoms with Crippen LogP contribution in [0.5, 0.6) is 0 Å². The monoisotopic (exact) mass is 837 g/mol. The van der Waals surface area contributed by atoms with Crippen LogP contribution in [0, 0.1) is 0 Å². The van der Waals surface area contributed by atoms with Gasteiger partial charge in [-0.2, -0.15) is 0 Å². The Morgan fingerprint density at radius 2 is 0.933 bits per heavy atom. The first-order chi connectivity index (χ1) is 29.4. The summed E-state index contributed by atoms with van der Waals surface area (Å²) in [5.74, 6) is -1.26. The molecule has 7 nitrogen and oxygen atoms in total. The molecule has 0 radical (unpaired) electrons. The molecule has 2 unspecified atom stereocenters. The lowest BCUT2D eigenvalue weighted by Crippen LogP contribution is -2.40. The Morgan fingerprint density at radius 3 is 1.47 bits per heavy atom. The highest BCUT2D eigenvalue weighted by molar-refractivity contribution is 5.83. The summed E-state index contributed by atoms with van der Waals surface area (Å²) in [6, 6.07) is -0.863. The summed E-state index contributed by atoms with van der Waals surface area (Å²) in [6.45, 7) is 4.83. The van der Waals surface area contributed by atoms with Crippen molar-refractivity contribution in [2.75, 3.05) is 6.54 Å². The third kappa shape index (κ3) is 42.9. The number of hydrogen-bond donors (Lipinski definition) is 3. The van der Waals surface area contributed by atoms with E-state index in [0.29, 0.717) is 32.2 Å². The molecule has 0 aliphatic heterocycles. The van der Waals surface area contributed by atoms with E-state index >= 15 is 0 Å². The van der Waals surface area contributed by atoms with Gasteiger partial charge >= 0.3 is 11.9 Å². The number of carboxylic acid groups (broad SMARTS) is 1. The number of nitrogens with one attached hydrogen (secondary N) is 1. The van der Waals surface area contributed by atoms with Gasteiger partial charge in [0, 0.05) is 12.8 Å². The largest absolute Gasteiger partial charge is 0.480 e. The zero-order valence-corrected chi connectivity index (χ0v) is 38.8. The van der Waals surface area contributed by atoms with Crippen LogP contribution < -0.4 is 11.1 Å². The van der Waals surface area contributed by atoms with E-state index in [0.717, 1.165) is 116 Å². The maximum absolute atomic E-state index is 12.9. The van der Waals surface area contributed by atoms with Gasteiger partial charge in [0.1, 0.15) is 12.1 Å². The van der Waals surface area contributed by atoms with Gasteiger partial charge in [-0.15, -0.1) is 0 Å². The predicted molar refractivity (Wildman–Crippen MR) is 257 cm³/mol. The molecule has 0 aliphatic rings. The van der Waals surface area contributed by atoms with Gasteiger partial charge in [-0.1, -0.05) is 170 Å². The minimum atomic E-state index is -1.01. The highest BCUT2D eigenvalue weighted by atomic mass is 16.5. The number of amides is 1. The van der Waals surface area contributed by atoms with Crippen molar-refractivity contribution < 1.29 is 24.2 Å². The molecule has 0 saturated heterocycles. The van der Waals surface area contributed by atoms with E-state index in [1.54, 1.807) is 0 Å². The van der Waals surface area contributed by atoms with Gasteiger partial charge in [-0.05, 0) is 122 Å². The van der Waals surface area contributed by atoms with Crippen LogP contribution in [0.25, 0.3) is 0 Å². The van der Waals surface area contributed by atoms with Crippen LogP contribution in [0.2, 0.25) is 0 Å². The standard InChI is InChI=1S/C53H92N2O5/c1-3-5-7-9-11-13-15-16-17-18-19-20-21-22-23-24-25-26-28-30-32-37-41-47-52(57)60-49(43-38-34-31-29-27-14-12-10-8-6-4-2)44-39-35-33-36-40-46-51(56)55-50(53(58)59)45-42-48-54/h5,7,11,13,16-17,19-20,22-23,29,31,49-50H,3-4,6,8-10,12,14-15,18,21,24-28,30,32-48,54H2,1-2H3,(H,55,56)(H,58,59)/b7-5-,13-11-,17-16-,20-19-,23-22-,31-29-. The lowest BCUT2D eigenvalue weighted by Gasteiger charge is -2.18. The molecule has 0 aromatic heterocycles. The summed E-state index contributed by atoms with van der Waals surface area (Å²) in [6.07, 6.45) is 61.0. The number of esters is 1. The Hall–Kier alpha value is -3.19. The van der Waals surface area contributed by atoms with Crippen LogP contribution in [-0.4, -0.2) is 41.6 Å². The second kappa shape index (κ2) is 46.9. The molecule has 0 saturated carbocycles. The van der Waals surface area contributed by atoms with Crippen molar-refractivity contribution in [1.29, 1.82) is 0 Å². The molecule has 0 aliphatic carbocycles. The summed E-state index contributed by atoms with van der Waals surface area (Å²) in [4.78, 5) is 36.5. The summed E-state index contributed by atoms with van der Waals surface area (Å²) >= 11 is 0. The maximum Gasteiger partial charge on any atom is 0.326 e. The van der Waals surface area contributed by atoms with Crippen molar-refractivity contribution in [2.24, 2.45) is 5.73 Å². The normalized spacial score (nSPS) is 13.2. The van der Waals surface area contributed by atoms with E-state index in [1.165, 1.54) is 70.6 Å². The predicted octanol–water partition coefficient (Wildman–Crippen LogP) is 14.7. The number of carboxylic acids is 1. The molecule has 0 heterocycles. The van der Waals surface area contributed by atoms with Gasteiger partial charge in [0.2, 0.25) is 5.91 Å². The Balaban J connectivity index is 4.27. The molecule has 0 bridgehead atoms. The van der Waals surface area contributed by atoms with Crippen LogP contribution in [0.4, 0.5) is 0 Å². The first-order valence-electron chi connectivity index (χ1n) is 24.8. The highest BCUT2D eigenvalue weighted by Gasteiger charge is 2.19. The number of rotatable bonds is 44. The molecule has 0 spiro atoms. The van der Waals surface area contributed by atoms with Gasteiger partial charge in [-0.3, -0.25) is 9.59 Å². The van der Waals surface area contributed by atoms with Gasteiger partial charge < -0.3 is 20.9 Å². The molecule has 344 valence electrons. The molecular weight excluding hydrogens is 745 g/mol. The van der Waals surface area contributed by atoms with Crippen molar-refractivity contribution in [2.45, 2.75) is 238 Å². The molecule has 7 heteroatoms. The fourth-order valence-electron chi connectivity index (χ4n) is 7.07. The zero-order chi connectivity index (χ0) is 43.8. The summed E-state index contributed by atoms with van der Waals surface area (Å²) < 4.78 is 6.05. The van der Waals surface area contributed by atoms with Crippen molar-refractivity contribution in [1.82, 2.24) is 5.32 Å².